The molecule has 0 bridgehead atoms. The first-order chi connectivity index (χ1) is 5.86. The van der Waals surface area contributed by atoms with Gasteiger partial charge in [0, 0.05) is 0 Å². The maximum atomic E-state index is 10.8. The summed E-state index contributed by atoms with van der Waals surface area (Å²) in [4.78, 5) is 10.8. The van der Waals surface area contributed by atoms with Crippen molar-refractivity contribution in [3.05, 3.63) is 12.2 Å². The lowest BCUT2D eigenvalue weighted by Gasteiger charge is -2.15. The normalized spacial score (nSPS) is 37.2. The van der Waals surface area contributed by atoms with Crippen molar-refractivity contribution in [3.63, 3.8) is 0 Å². The monoisotopic (exact) mass is 168 g/mol. The van der Waals surface area contributed by atoms with Gasteiger partial charge in [-0.15, -0.1) is 0 Å². The fraction of sp³-hybridized carbons (Fsp3) is 0.667. The summed E-state index contributed by atoms with van der Waals surface area (Å²) in [7, 11) is 0. The minimum atomic E-state index is -0.494. The van der Waals surface area contributed by atoms with Crippen LogP contribution in [0.2, 0.25) is 0 Å². The number of hydrogen-bond donors (Lipinski definition) is 0. The van der Waals surface area contributed by atoms with Crippen LogP contribution < -0.4 is 0 Å². The van der Waals surface area contributed by atoms with Gasteiger partial charge >= 0.3 is 6.16 Å². The third kappa shape index (κ3) is 1.44. The second-order valence-corrected chi connectivity index (χ2v) is 3.19. The van der Waals surface area contributed by atoms with Crippen molar-refractivity contribution in [2.24, 2.45) is 0 Å². The maximum absolute atomic E-state index is 10.8. The molecule has 0 radical (unpaired) electrons. The third-order valence-corrected chi connectivity index (χ3v) is 2.31. The molecule has 0 amide bonds. The Kier molecular flexibility index (Phi) is 2.02. The van der Waals surface area contributed by atoms with E-state index in [1.807, 2.05) is 0 Å². The van der Waals surface area contributed by atoms with Crippen LogP contribution in [-0.4, -0.2) is 18.4 Å². The van der Waals surface area contributed by atoms with Crippen LogP contribution in [0.4, 0.5) is 4.79 Å². The highest BCUT2D eigenvalue weighted by Gasteiger charge is 2.35. The van der Waals surface area contributed by atoms with Crippen molar-refractivity contribution < 1.29 is 14.3 Å². The van der Waals surface area contributed by atoms with E-state index < -0.39 is 6.16 Å². The van der Waals surface area contributed by atoms with Crippen LogP contribution in [0.25, 0.3) is 0 Å². The molecule has 66 valence electrons. The van der Waals surface area contributed by atoms with Crippen molar-refractivity contribution in [1.29, 1.82) is 0 Å². The molecule has 2 aliphatic rings. The maximum Gasteiger partial charge on any atom is 0.509 e. The molecule has 3 heteroatoms. The lowest BCUT2D eigenvalue weighted by atomic mass is 10.0. The molecule has 0 N–H and O–H groups in total. The first-order valence-corrected chi connectivity index (χ1v) is 4.38. The van der Waals surface area contributed by atoms with Crippen LogP contribution >= 0.6 is 0 Å². The Morgan fingerprint density at radius 3 is 2.08 bits per heavy atom. The molecular weight excluding hydrogens is 156 g/mol. The average Bonchev–Trinajstić information content (AvgIpc) is 2.32. The van der Waals surface area contributed by atoms with Crippen LogP contribution in [-0.2, 0) is 9.47 Å². The molecule has 1 aliphatic heterocycles. The number of hydrogen-bond acceptors (Lipinski definition) is 3. The molecule has 0 unspecified atom stereocenters. The third-order valence-electron chi connectivity index (χ3n) is 2.31. The van der Waals surface area contributed by atoms with E-state index in [1.54, 1.807) is 0 Å². The number of ether oxygens (including phenoxy) is 2. The molecule has 2 rings (SSSR count). The zero-order chi connectivity index (χ0) is 8.39. The van der Waals surface area contributed by atoms with Gasteiger partial charge in [-0.2, -0.15) is 0 Å². The predicted octanol–water partition coefficient (Wildman–Crippen LogP) is 2.02. The lowest BCUT2D eigenvalue weighted by Crippen LogP contribution is -2.22. The van der Waals surface area contributed by atoms with Crippen LogP contribution in [0, 0.1) is 0 Å². The number of carbonyl (C=O) groups excluding carboxylic acids is 1. The highest BCUT2D eigenvalue weighted by molar-refractivity contribution is 5.62. The zero-order valence-corrected chi connectivity index (χ0v) is 6.86. The van der Waals surface area contributed by atoms with Gasteiger partial charge in [0.1, 0.15) is 12.2 Å². The summed E-state index contributed by atoms with van der Waals surface area (Å²) in [6.07, 6.45) is 7.55. The Labute approximate surface area is 71.3 Å². The Hall–Kier alpha value is -0.990. The van der Waals surface area contributed by atoms with E-state index in [4.69, 9.17) is 9.47 Å². The smallest absolute Gasteiger partial charge is 0.427 e. The molecule has 12 heavy (non-hydrogen) atoms. The Balaban J connectivity index is 2.02. The first-order valence-electron chi connectivity index (χ1n) is 4.38. The molecule has 1 fully saturated rings. The highest BCUT2D eigenvalue weighted by Crippen LogP contribution is 2.25. The van der Waals surface area contributed by atoms with Gasteiger partial charge in [0.15, 0.2) is 0 Å². The van der Waals surface area contributed by atoms with Gasteiger partial charge in [-0.3, -0.25) is 0 Å². The van der Waals surface area contributed by atoms with Gasteiger partial charge in [-0.05, 0) is 25.7 Å². The van der Waals surface area contributed by atoms with Gasteiger partial charge in [0.2, 0.25) is 0 Å². The van der Waals surface area contributed by atoms with E-state index >= 15 is 0 Å². The molecule has 1 heterocycles. The zero-order valence-electron chi connectivity index (χ0n) is 6.86. The van der Waals surface area contributed by atoms with E-state index in [-0.39, 0.29) is 12.2 Å². The summed E-state index contributed by atoms with van der Waals surface area (Å²) in [5.74, 6) is 0. The van der Waals surface area contributed by atoms with Crippen LogP contribution in [0.15, 0.2) is 12.2 Å². The van der Waals surface area contributed by atoms with Crippen molar-refractivity contribution in [3.8, 4) is 0 Å². The molecule has 1 saturated heterocycles. The second-order valence-electron chi connectivity index (χ2n) is 3.19. The van der Waals surface area contributed by atoms with Crippen molar-refractivity contribution in [2.75, 3.05) is 0 Å². The van der Waals surface area contributed by atoms with E-state index in [9.17, 15) is 4.79 Å². The highest BCUT2D eigenvalue weighted by atomic mass is 16.8. The van der Waals surface area contributed by atoms with Crippen LogP contribution in [0.5, 0.6) is 0 Å². The fourth-order valence-electron chi connectivity index (χ4n) is 1.67. The molecule has 0 saturated carbocycles. The number of fused-ring (bicyclic) bond motifs is 1. The minimum absolute atomic E-state index is 0.00227. The number of carbonyl (C=O) groups is 1. The minimum Gasteiger partial charge on any atom is -0.427 e. The Bertz CT molecular complexity index is 190. The summed E-state index contributed by atoms with van der Waals surface area (Å²) >= 11 is 0. The summed E-state index contributed by atoms with van der Waals surface area (Å²) < 4.78 is 10.0. The van der Waals surface area contributed by atoms with Gasteiger partial charge in [-0.1, -0.05) is 12.2 Å². The quantitative estimate of drug-likeness (QED) is 0.410. The predicted molar refractivity (Wildman–Crippen MR) is 42.8 cm³/mol. The van der Waals surface area contributed by atoms with E-state index in [1.165, 1.54) is 0 Å². The molecule has 1 aliphatic carbocycles. The second kappa shape index (κ2) is 3.17. The van der Waals surface area contributed by atoms with E-state index in [0.29, 0.717) is 0 Å². The number of rotatable bonds is 0. The summed E-state index contributed by atoms with van der Waals surface area (Å²) in [6, 6.07) is 0. The lowest BCUT2D eigenvalue weighted by molar-refractivity contribution is 0.114. The fourth-order valence-corrected chi connectivity index (χ4v) is 1.67. The van der Waals surface area contributed by atoms with Gasteiger partial charge < -0.3 is 9.47 Å². The van der Waals surface area contributed by atoms with Crippen molar-refractivity contribution >= 4 is 6.16 Å². The molecular formula is C9H12O3. The molecule has 3 nitrogen and oxygen atoms in total. The summed E-state index contributed by atoms with van der Waals surface area (Å²) in [5.41, 5.74) is 0. The largest absolute Gasteiger partial charge is 0.509 e. The van der Waals surface area contributed by atoms with Crippen molar-refractivity contribution in [1.82, 2.24) is 0 Å². The average molecular weight is 168 g/mol. The van der Waals surface area contributed by atoms with Crippen LogP contribution in [0.3, 0.4) is 0 Å². The van der Waals surface area contributed by atoms with Gasteiger partial charge in [-0.25, -0.2) is 4.79 Å². The number of allylic oxidation sites excluding steroid dienone is 2. The Morgan fingerprint density at radius 1 is 1.08 bits per heavy atom. The van der Waals surface area contributed by atoms with Gasteiger partial charge in [0.25, 0.3) is 0 Å². The standard InChI is InChI=1S/C9H12O3/c10-9-11-7-5-3-1-2-4-6-8(7)12-9/h1-2,7-8H,3-6H2/b2-1-/t7-,8+. The summed E-state index contributed by atoms with van der Waals surface area (Å²) in [6.45, 7) is 0. The van der Waals surface area contributed by atoms with Crippen LogP contribution in [0.1, 0.15) is 25.7 Å². The SMILES string of the molecule is O=C1O[C@H]2CC/C=C\CC[C@H]2O1. The molecule has 2 atom stereocenters. The van der Waals surface area contributed by atoms with Gasteiger partial charge in [0.05, 0.1) is 0 Å². The first kappa shape index (κ1) is 7.65. The Morgan fingerprint density at radius 2 is 1.58 bits per heavy atom. The van der Waals surface area contributed by atoms with Crippen molar-refractivity contribution in [2.45, 2.75) is 37.9 Å². The molecule has 0 spiro atoms. The molecule has 0 aromatic carbocycles. The van der Waals surface area contributed by atoms with E-state index in [2.05, 4.69) is 12.2 Å². The molecule has 0 aromatic heterocycles. The van der Waals surface area contributed by atoms with E-state index in [0.717, 1.165) is 25.7 Å². The summed E-state index contributed by atoms with van der Waals surface area (Å²) in [5, 5.41) is 0. The topological polar surface area (TPSA) is 35.5 Å². The molecule has 0 aromatic rings.